The van der Waals surface area contributed by atoms with Gasteiger partial charge in [0, 0.05) is 5.71 Å². The Morgan fingerprint density at radius 1 is 1.75 bits per heavy atom. The van der Waals surface area contributed by atoms with E-state index < -0.39 is 0 Å². The molecule has 0 bridgehead atoms. The molecule has 0 aliphatic carbocycles. The van der Waals surface area contributed by atoms with E-state index in [1.807, 2.05) is 6.92 Å². The number of carbonyl (C=O) groups excluding carboxylic acids is 1. The zero-order chi connectivity index (χ0) is 5.98. The predicted octanol–water partition coefficient (Wildman–Crippen LogP) is -0.423. The Morgan fingerprint density at radius 3 is 2.88 bits per heavy atom. The molecule has 8 heavy (non-hydrogen) atoms. The molecule has 0 aromatic rings. The van der Waals surface area contributed by atoms with Gasteiger partial charge in [-0.25, -0.2) is 0 Å². The minimum atomic E-state index is 0.0237. The third-order valence-corrected chi connectivity index (χ3v) is 1.03. The minimum Gasteiger partial charge on any atom is -0.349 e. The summed E-state index contributed by atoms with van der Waals surface area (Å²) >= 11 is 0. The summed E-state index contributed by atoms with van der Waals surface area (Å²) in [4.78, 5) is 14.3. The maximum absolute atomic E-state index is 10.4. The summed E-state index contributed by atoms with van der Waals surface area (Å²) in [7, 11) is 0. The Balaban J connectivity index is 2.55. The largest absolute Gasteiger partial charge is 0.349 e. The van der Waals surface area contributed by atoms with Crippen molar-refractivity contribution < 1.29 is 4.79 Å². The number of amides is 1. The van der Waals surface area contributed by atoms with Crippen molar-refractivity contribution >= 4 is 11.6 Å². The van der Waals surface area contributed by atoms with Gasteiger partial charge in [-0.15, -0.1) is 0 Å². The van der Waals surface area contributed by atoms with Crippen molar-refractivity contribution in [3.63, 3.8) is 0 Å². The fourth-order valence-electron chi connectivity index (χ4n) is 0.545. The number of hydrogen-bond acceptors (Lipinski definition) is 2. The van der Waals surface area contributed by atoms with E-state index in [1.165, 1.54) is 0 Å². The van der Waals surface area contributed by atoms with Gasteiger partial charge in [0.05, 0.1) is 6.54 Å². The van der Waals surface area contributed by atoms with E-state index >= 15 is 0 Å². The minimum absolute atomic E-state index is 0.0237. The molecule has 1 heterocycles. The maximum Gasteiger partial charge on any atom is 0.241 e. The Bertz CT molecular complexity index is 139. The van der Waals surface area contributed by atoms with Crippen molar-refractivity contribution in [2.75, 3.05) is 13.1 Å². The summed E-state index contributed by atoms with van der Waals surface area (Å²) in [6, 6.07) is 0. The lowest BCUT2D eigenvalue weighted by Gasteiger charge is -2.07. The predicted molar refractivity (Wildman–Crippen MR) is 31.0 cm³/mol. The smallest absolute Gasteiger partial charge is 0.241 e. The lowest BCUT2D eigenvalue weighted by molar-refractivity contribution is -0.119. The van der Waals surface area contributed by atoms with Crippen LogP contribution in [0.25, 0.3) is 0 Å². The van der Waals surface area contributed by atoms with Crippen molar-refractivity contribution in [3.8, 4) is 0 Å². The molecule has 1 rings (SSSR count). The lowest BCUT2D eigenvalue weighted by Crippen LogP contribution is -2.34. The zero-order valence-electron chi connectivity index (χ0n) is 4.77. The SMILES string of the molecule is CC1=NCC(=O)NC1. The van der Waals surface area contributed by atoms with Crippen LogP contribution in [0.2, 0.25) is 0 Å². The van der Waals surface area contributed by atoms with Crippen LogP contribution in [-0.4, -0.2) is 24.7 Å². The van der Waals surface area contributed by atoms with Gasteiger partial charge in [0.15, 0.2) is 0 Å². The first kappa shape index (κ1) is 5.28. The molecule has 3 nitrogen and oxygen atoms in total. The molecule has 0 spiro atoms. The highest BCUT2D eigenvalue weighted by atomic mass is 16.1. The number of rotatable bonds is 0. The summed E-state index contributed by atoms with van der Waals surface area (Å²) in [6.45, 7) is 2.84. The second-order valence-electron chi connectivity index (χ2n) is 1.83. The average molecular weight is 112 g/mol. The van der Waals surface area contributed by atoms with Crippen LogP contribution in [0.3, 0.4) is 0 Å². The standard InChI is InChI=1S/C5H8N2O/c1-4-2-7-5(8)3-6-4/h2-3H2,1H3,(H,7,8). The molecule has 0 unspecified atom stereocenters. The first-order valence-electron chi connectivity index (χ1n) is 2.55. The highest BCUT2D eigenvalue weighted by Crippen LogP contribution is 1.83. The second-order valence-corrected chi connectivity index (χ2v) is 1.83. The van der Waals surface area contributed by atoms with Crippen LogP contribution in [0.4, 0.5) is 0 Å². The number of nitrogens with zero attached hydrogens (tertiary/aromatic N) is 1. The van der Waals surface area contributed by atoms with Gasteiger partial charge in [0.2, 0.25) is 5.91 Å². The van der Waals surface area contributed by atoms with Crippen LogP contribution in [-0.2, 0) is 4.79 Å². The monoisotopic (exact) mass is 112 g/mol. The van der Waals surface area contributed by atoms with Crippen molar-refractivity contribution in [2.24, 2.45) is 4.99 Å². The van der Waals surface area contributed by atoms with Crippen molar-refractivity contribution in [1.82, 2.24) is 5.32 Å². The molecule has 1 aliphatic rings. The number of nitrogens with one attached hydrogen (secondary N) is 1. The molecular weight excluding hydrogens is 104 g/mol. The second kappa shape index (κ2) is 1.94. The Morgan fingerprint density at radius 2 is 2.50 bits per heavy atom. The first-order chi connectivity index (χ1) is 3.79. The van der Waals surface area contributed by atoms with Gasteiger partial charge in [0.1, 0.15) is 6.54 Å². The van der Waals surface area contributed by atoms with Gasteiger partial charge in [-0.05, 0) is 6.92 Å². The van der Waals surface area contributed by atoms with Crippen molar-refractivity contribution in [1.29, 1.82) is 0 Å². The van der Waals surface area contributed by atoms with Crippen LogP contribution in [0.15, 0.2) is 4.99 Å². The summed E-state index contributed by atoms with van der Waals surface area (Å²) in [5.41, 5.74) is 1.00. The van der Waals surface area contributed by atoms with E-state index in [2.05, 4.69) is 10.3 Å². The highest BCUT2D eigenvalue weighted by molar-refractivity contribution is 5.93. The molecule has 1 N–H and O–H groups in total. The Hall–Kier alpha value is -0.860. The number of carbonyl (C=O) groups is 1. The molecule has 1 amide bonds. The topological polar surface area (TPSA) is 41.5 Å². The van der Waals surface area contributed by atoms with Crippen molar-refractivity contribution in [2.45, 2.75) is 6.92 Å². The molecule has 0 aromatic carbocycles. The molecule has 0 fully saturated rings. The van der Waals surface area contributed by atoms with E-state index in [4.69, 9.17) is 0 Å². The van der Waals surface area contributed by atoms with E-state index in [0.717, 1.165) is 5.71 Å². The lowest BCUT2D eigenvalue weighted by atomic mass is 10.3. The molecule has 0 atom stereocenters. The average Bonchev–Trinajstić information content (AvgIpc) is 1.77. The summed E-state index contributed by atoms with van der Waals surface area (Å²) < 4.78 is 0. The van der Waals surface area contributed by atoms with Crippen LogP contribution >= 0.6 is 0 Å². The van der Waals surface area contributed by atoms with Crippen LogP contribution in [0.1, 0.15) is 6.92 Å². The molecule has 0 aromatic heterocycles. The van der Waals surface area contributed by atoms with Crippen molar-refractivity contribution in [3.05, 3.63) is 0 Å². The normalized spacial score (nSPS) is 19.6. The maximum atomic E-state index is 10.4. The summed E-state index contributed by atoms with van der Waals surface area (Å²) in [6.07, 6.45) is 0. The fraction of sp³-hybridized carbons (Fsp3) is 0.600. The molecule has 3 heteroatoms. The van der Waals surface area contributed by atoms with Gasteiger partial charge < -0.3 is 5.32 Å². The number of aliphatic imine (C=N–C) groups is 1. The number of hydrogen-bond donors (Lipinski definition) is 1. The highest BCUT2D eigenvalue weighted by Gasteiger charge is 2.04. The van der Waals surface area contributed by atoms with E-state index in [0.29, 0.717) is 13.1 Å². The molecule has 0 radical (unpaired) electrons. The zero-order valence-corrected chi connectivity index (χ0v) is 4.77. The van der Waals surface area contributed by atoms with Gasteiger partial charge in [0.25, 0.3) is 0 Å². The van der Waals surface area contributed by atoms with E-state index in [9.17, 15) is 4.79 Å². The van der Waals surface area contributed by atoms with Gasteiger partial charge >= 0.3 is 0 Å². The van der Waals surface area contributed by atoms with Gasteiger partial charge in [-0.3, -0.25) is 9.79 Å². The third kappa shape index (κ3) is 1.05. The van der Waals surface area contributed by atoms with Gasteiger partial charge in [-0.2, -0.15) is 0 Å². The van der Waals surface area contributed by atoms with Crippen LogP contribution < -0.4 is 5.32 Å². The first-order valence-corrected chi connectivity index (χ1v) is 2.55. The quantitative estimate of drug-likeness (QED) is 0.454. The molecule has 1 aliphatic heterocycles. The molecular formula is C5H8N2O. The van der Waals surface area contributed by atoms with E-state index in [-0.39, 0.29) is 5.91 Å². The Kier molecular flexibility index (Phi) is 1.28. The Labute approximate surface area is 47.8 Å². The molecule has 0 saturated carbocycles. The van der Waals surface area contributed by atoms with Crippen LogP contribution in [0, 0.1) is 0 Å². The summed E-state index contributed by atoms with van der Waals surface area (Å²) in [5, 5.41) is 2.66. The van der Waals surface area contributed by atoms with E-state index in [1.54, 1.807) is 0 Å². The van der Waals surface area contributed by atoms with Gasteiger partial charge in [-0.1, -0.05) is 0 Å². The third-order valence-electron chi connectivity index (χ3n) is 1.03. The van der Waals surface area contributed by atoms with Crippen LogP contribution in [0.5, 0.6) is 0 Å². The summed E-state index contributed by atoms with van der Waals surface area (Å²) in [5.74, 6) is 0.0237. The molecule has 44 valence electrons. The molecule has 0 saturated heterocycles. The fourth-order valence-corrected chi connectivity index (χ4v) is 0.545.